The number of nitrogens with zero attached hydrogens (tertiary/aromatic N) is 1. The molecule has 152 valence electrons. The predicted molar refractivity (Wildman–Crippen MR) is 109 cm³/mol. The molecule has 8 heteroatoms. The van der Waals surface area contributed by atoms with Crippen LogP contribution in [-0.2, 0) is 10.0 Å². The van der Waals surface area contributed by atoms with Gasteiger partial charge in [-0.2, -0.15) is 0 Å². The molecule has 1 saturated heterocycles. The van der Waals surface area contributed by atoms with E-state index in [9.17, 15) is 13.2 Å². The highest BCUT2D eigenvalue weighted by Crippen LogP contribution is 2.30. The summed E-state index contributed by atoms with van der Waals surface area (Å²) >= 11 is 0. The monoisotopic (exact) mass is 415 g/mol. The van der Waals surface area contributed by atoms with Crippen LogP contribution in [0.5, 0.6) is 0 Å². The van der Waals surface area contributed by atoms with Crippen molar-refractivity contribution in [3.63, 3.8) is 0 Å². The van der Waals surface area contributed by atoms with Gasteiger partial charge in [0.2, 0.25) is 10.0 Å². The van der Waals surface area contributed by atoms with Gasteiger partial charge >= 0.3 is 0 Å². The molecule has 0 bridgehead atoms. The molecule has 0 radical (unpaired) electrons. The first-order chi connectivity index (χ1) is 12.2. The molecule has 1 saturated carbocycles. The molecule has 1 atom stereocenters. The van der Waals surface area contributed by atoms with E-state index in [-0.39, 0.29) is 34.7 Å². The van der Waals surface area contributed by atoms with Crippen molar-refractivity contribution < 1.29 is 13.2 Å². The highest BCUT2D eigenvalue weighted by molar-refractivity contribution is 7.89. The number of nitrogens with two attached hydrogens (primary N) is 1. The maximum absolute atomic E-state index is 12.9. The summed E-state index contributed by atoms with van der Waals surface area (Å²) in [4.78, 5) is 14.8. The van der Waals surface area contributed by atoms with Gasteiger partial charge in [0.1, 0.15) is 0 Å². The number of benzene rings is 1. The molecule has 3 rings (SSSR count). The SMILES string of the molecule is Cc1ccc(C(=O)N2CCC(C)(CN)C2)cc1S(=O)(=O)NC1CCCC1.Cl. The number of nitrogens with one attached hydrogen (secondary N) is 1. The lowest BCUT2D eigenvalue weighted by atomic mass is 9.90. The molecule has 0 spiro atoms. The summed E-state index contributed by atoms with van der Waals surface area (Å²) in [6.45, 7) is 5.65. The minimum atomic E-state index is -3.62. The van der Waals surface area contributed by atoms with Crippen molar-refractivity contribution in [1.82, 2.24) is 9.62 Å². The van der Waals surface area contributed by atoms with Crippen LogP contribution < -0.4 is 10.5 Å². The summed E-state index contributed by atoms with van der Waals surface area (Å²) in [5.74, 6) is -0.125. The van der Waals surface area contributed by atoms with E-state index >= 15 is 0 Å². The molecule has 1 unspecified atom stereocenters. The Balaban J connectivity index is 0.00000261. The largest absolute Gasteiger partial charge is 0.338 e. The van der Waals surface area contributed by atoms with Crippen LogP contribution in [-0.4, -0.2) is 44.9 Å². The quantitative estimate of drug-likeness (QED) is 0.772. The van der Waals surface area contributed by atoms with Gasteiger partial charge < -0.3 is 10.6 Å². The highest BCUT2D eigenvalue weighted by Gasteiger charge is 2.35. The highest BCUT2D eigenvalue weighted by atomic mass is 35.5. The summed E-state index contributed by atoms with van der Waals surface area (Å²) in [6.07, 6.45) is 4.74. The van der Waals surface area contributed by atoms with Gasteiger partial charge in [0.25, 0.3) is 5.91 Å². The molecule has 1 amide bonds. The fourth-order valence-electron chi connectivity index (χ4n) is 3.90. The lowest BCUT2D eigenvalue weighted by Gasteiger charge is -2.23. The van der Waals surface area contributed by atoms with E-state index in [4.69, 9.17) is 5.73 Å². The van der Waals surface area contributed by atoms with Gasteiger partial charge in [-0.05, 0) is 55.8 Å². The van der Waals surface area contributed by atoms with Crippen molar-refractivity contribution in [3.05, 3.63) is 29.3 Å². The number of carbonyl (C=O) groups is 1. The number of aryl methyl sites for hydroxylation is 1. The maximum Gasteiger partial charge on any atom is 0.253 e. The van der Waals surface area contributed by atoms with E-state index in [1.165, 1.54) is 6.07 Å². The van der Waals surface area contributed by atoms with Gasteiger partial charge in [-0.3, -0.25) is 4.79 Å². The van der Waals surface area contributed by atoms with Gasteiger partial charge in [-0.25, -0.2) is 13.1 Å². The third kappa shape index (κ3) is 4.83. The van der Waals surface area contributed by atoms with E-state index in [1.54, 1.807) is 24.0 Å². The molecule has 1 aliphatic carbocycles. The molecular weight excluding hydrogens is 386 g/mol. The van der Waals surface area contributed by atoms with Gasteiger partial charge in [0, 0.05) is 24.7 Å². The van der Waals surface area contributed by atoms with Crippen molar-refractivity contribution in [1.29, 1.82) is 0 Å². The zero-order chi connectivity index (χ0) is 18.9. The molecule has 0 aromatic heterocycles. The summed E-state index contributed by atoms with van der Waals surface area (Å²) in [5.41, 5.74) is 6.84. The molecule has 3 N–H and O–H groups in total. The molecule has 6 nitrogen and oxygen atoms in total. The fraction of sp³-hybridized carbons (Fsp3) is 0.632. The number of amides is 1. The molecule has 27 heavy (non-hydrogen) atoms. The standard InChI is InChI=1S/C19H29N3O3S.ClH/c1-14-7-8-15(18(23)22-10-9-19(2,12-20)13-22)11-17(14)26(24,25)21-16-5-3-4-6-16;/h7-8,11,16,21H,3-6,9-10,12-13,20H2,1-2H3;1H. The maximum atomic E-state index is 12.9. The summed E-state index contributed by atoms with van der Waals surface area (Å²) < 4.78 is 28.4. The minimum Gasteiger partial charge on any atom is -0.338 e. The molecule has 1 aromatic carbocycles. The van der Waals surface area contributed by atoms with Crippen molar-refractivity contribution in [3.8, 4) is 0 Å². The smallest absolute Gasteiger partial charge is 0.253 e. The van der Waals surface area contributed by atoms with E-state index < -0.39 is 10.0 Å². The summed E-state index contributed by atoms with van der Waals surface area (Å²) in [7, 11) is -3.62. The lowest BCUT2D eigenvalue weighted by molar-refractivity contribution is 0.0776. The second-order valence-corrected chi connectivity index (χ2v) is 9.76. The van der Waals surface area contributed by atoms with Crippen molar-refractivity contribution >= 4 is 28.3 Å². The van der Waals surface area contributed by atoms with Crippen molar-refractivity contribution in [2.75, 3.05) is 19.6 Å². The Kier molecular flexibility index (Phi) is 6.95. The Labute approximate surface area is 168 Å². The Bertz CT molecular complexity index is 793. The number of rotatable bonds is 5. The van der Waals surface area contributed by atoms with Gasteiger partial charge in [-0.15, -0.1) is 12.4 Å². The van der Waals surface area contributed by atoms with E-state index in [2.05, 4.69) is 11.6 Å². The van der Waals surface area contributed by atoms with Crippen LogP contribution in [0.3, 0.4) is 0 Å². The van der Waals surface area contributed by atoms with Crippen LogP contribution in [0.15, 0.2) is 23.1 Å². The Morgan fingerprint density at radius 2 is 2.00 bits per heavy atom. The zero-order valence-corrected chi connectivity index (χ0v) is 17.7. The number of hydrogen-bond donors (Lipinski definition) is 2. The second-order valence-electron chi connectivity index (χ2n) is 8.07. The average molecular weight is 416 g/mol. The predicted octanol–water partition coefficient (Wildman–Crippen LogP) is 2.45. The molecule has 2 aliphatic rings. The Morgan fingerprint density at radius 1 is 1.33 bits per heavy atom. The summed E-state index contributed by atoms with van der Waals surface area (Å²) in [5, 5.41) is 0. The number of hydrogen-bond acceptors (Lipinski definition) is 4. The Morgan fingerprint density at radius 3 is 2.59 bits per heavy atom. The van der Waals surface area contributed by atoms with Crippen LogP contribution in [0, 0.1) is 12.3 Å². The number of likely N-dealkylation sites (tertiary alicyclic amines) is 1. The van der Waals surface area contributed by atoms with Gasteiger partial charge in [0.15, 0.2) is 0 Å². The molecule has 2 fully saturated rings. The van der Waals surface area contributed by atoms with E-state index in [1.807, 2.05) is 0 Å². The number of carbonyl (C=O) groups excluding carboxylic acids is 1. The van der Waals surface area contributed by atoms with Crippen LogP contribution in [0.4, 0.5) is 0 Å². The average Bonchev–Trinajstić information content (AvgIpc) is 3.24. The minimum absolute atomic E-state index is 0. The van der Waals surface area contributed by atoms with E-state index in [0.717, 1.165) is 32.1 Å². The van der Waals surface area contributed by atoms with Crippen molar-refractivity contribution in [2.24, 2.45) is 11.1 Å². The van der Waals surface area contributed by atoms with Gasteiger partial charge in [0.05, 0.1) is 4.90 Å². The first-order valence-electron chi connectivity index (χ1n) is 9.36. The van der Waals surface area contributed by atoms with E-state index in [0.29, 0.717) is 30.8 Å². The Hall–Kier alpha value is -1.15. The molecular formula is C19H30ClN3O3S. The zero-order valence-electron chi connectivity index (χ0n) is 16.0. The molecule has 1 aromatic rings. The summed E-state index contributed by atoms with van der Waals surface area (Å²) in [6, 6.07) is 4.95. The fourth-order valence-corrected chi connectivity index (χ4v) is 5.47. The molecule has 1 heterocycles. The topological polar surface area (TPSA) is 92.5 Å². The van der Waals surface area contributed by atoms with Crippen molar-refractivity contribution in [2.45, 2.75) is 56.9 Å². The van der Waals surface area contributed by atoms with Crippen LogP contribution in [0.1, 0.15) is 54.9 Å². The second kappa shape index (κ2) is 8.47. The van der Waals surface area contributed by atoms with Crippen LogP contribution in [0.2, 0.25) is 0 Å². The van der Waals surface area contributed by atoms with Gasteiger partial charge in [-0.1, -0.05) is 25.8 Å². The normalized spacial score (nSPS) is 23.4. The lowest BCUT2D eigenvalue weighted by Crippen LogP contribution is -2.35. The first-order valence-corrected chi connectivity index (χ1v) is 10.8. The number of sulfonamides is 1. The third-order valence-electron chi connectivity index (χ3n) is 5.74. The molecule has 1 aliphatic heterocycles. The van der Waals surface area contributed by atoms with Crippen LogP contribution in [0.25, 0.3) is 0 Å². The number of halogens is 1. The van der Waals surface area contributed by atoms with Crippen LogP contribution >= 0.6 is 12.4 Å². The third-order valence-corrected chi connectivity index (χ3v) is 7.40. The first kappa shape index (κ1) is 22.1.